The number of nitrogens with one attached hydrogen (secondary N) is 2. The van der Waals surface area contributed by atoms with Gasteiger partial charge >= 0.3 is 0 Å². The van der Waals surface area contributed by atoms with Crippen molar-refractivity contribution in [2.45, 2.75) is 31.8 Å². The van der Waals surface area contributed by atoms with Gasteiger partial charge in [0.1, 0.15) is 23.6 Å². The molecule has 0 spiro atoms. The van der Waals surface area contributed by atoms with E-state index in [1.807, 2.05) is 0 Å². The first-order valence-corrected chi connectivity index (χ1v) is 9.94. The number of carbonyl (C=O) groups is 1. The van der Waals surface area contributed by atoms with Gasteiger partial charge in [0.15, 0.2) is 0 Å². The molecule has 4 rings (SSSR count). The topological polar surface area (TPSA) is 54.1 Å². The molecule has 0 unspecified atom stereocenters. The maximum atomic E-state index is 14.4. The Balaban J connectivity index is 1.61. The Morgan fingerprint density at radius 3 is 2.53 bits per heavy atom. The average molecular weight is 416 g/mol. The van der Waals surface area contributed by atoms with Gasteiger partial charge in [-0.25, -0.2) is 13.2 Å². The van der Waals surface area contributed by atoms with Crippen molar-refractivity contribution >= 4 is 16.8 Å². The van der Waals surface area contributed by atoms with Crippen LogP contribution < -0.4 is 5.32 Å². The van der Waals surface area contributed by atoms with Crippen LogP contribution in [0.4, 0.5) is 13.2 Å². The highest BCUT2D eigenvalue weighted by atomic mass is 19.1. The molecule has 1 heterocycles. The van der Waals surface area contributed by atoms with Gasteiger partial charge in [-0.3, -0.25) is 4.79 Å². The number of carbonyl (C=O) groups excluding carboxylic acids is 1. The lowest BCUT2D eigenvalue weighted by Gasteiger charge is -2.36. The van der Waals surface area contributed by atoms with Crippen molar-refractivity contribution in [3.05, 3.63) is 59.4 Å². The number of amides is 1. The van der Waals surface area contributed by atoms with E-state index in [0.717, 1.165) is 24.5 Å². The van der Waals surface area contributed by atoms with Gasteiger partial charge in [0.25, 0.3) is 0 Å². The quantitative estimate of drug-likeness (QED) is 0.601. The van der Waals surface area contributed by atoms with Crippen molar-refractivity contribution in [1.29, 1.82) is 0 Å². The minimum Gasteiger partial charge on any atom is -0.372 e. The third-order valence-electron chi connectivity index (χ3n) is 5.93. The summed E-state index contributed by atoms with van der Waals surface area (Å²) in [6, 6.07) is 8.13. The van der Waals surface area contributed by atoms with Crippen LogP contribution >= 0.6 is 0 Å². The van der Waals surface area contributed by atoms with Gasteiger partial charge in [0, 0.05) is 25.1 Å². The molecule has 0 saturated heterocycles. The summed E-state index contributed by atoms with van der Waals surface area (Å²) in [4.78, 5) is 15.0. The molecule has 3 aromatic rings. The molecular weight excluding hydrogens is 393 g/mol. The maximum absolute atomic E-state index is 14.4. The van der Waals surface area contributed by atoms with Crippen LogP contribution in [-0.4, -0.2) is 30.6 Å². The molecule has 1 aliphatic carbocycles. The first kappa shape index (κ1) is 20.5. The summed E-state index contributed by atoms with van der Waals surface area (Å²) < 4.78 is 46.8. The Bertz CT molecular complexity index is 1070. The van der Waals surface area contributed by atoms with Crippen LogP contribution in [0, 0.1) is 23.4 Å². The lowest BCUT2D eigenvalue weighted by Crippen LogP contribution is -2.40. The molecule has 30 heavy (non-hydrogen) atoms. The zero-order valence-corrected chi connectivity index (χ0v) is 16.8. The molecule has 1 atom stereocenters. The number of aromatic nitrogens is 1. The number of hydrogen-bond donors (Lipinski definition) is 2. The van der Waals surface area contributed by atoms with Crippen LogP contribution in [0.5, 0.6) is 0 Å². The molecule has 1 amide bonds. The van der Waals surface area contributed by atoms with E-state index in [2.05, 4.69) is 10.3 Å². The standard InChI is InChI=1S/C23H23F3N2O2/c1-12(30-2)23(29)27-11-13-7-15(8-13)20-18-9-17(25)10-19(26)22(18)28-21(20)14-3-5-16(24)6-4-14/h3-6,9-10,12-13,15,28H,7-8,11H2,1-2H3,(H,27,29)/t12-,13-,15-/m1/s1. The van der Waals surface area contributed by atoms with E-state index < -0.39 is 17.7 Å². The predicted octanol–water partition coefficient (Wildman–Crippen LogP) is 4.90. The van der Waals surface area contributed by atoms with Gasteiger partial charge in [0.2, 0.25) is 5.91 Å². The van der Waals surface area contributed by atoms with Crippen molar-refractivity contribution in [2.75, 3.05) is 13.7 Å². The summed E-state index contributed by atoms with van der Waals surface area (Å²) in [6.07, 6.45) is 1.05. The summed E-state index contributed by atoms with van der Waals surface area (Å²) in [5.74, 6) is -1.46. The molecule has 1 aliphatic rings. The number of aromatic amines is 1. The number of rotatable bonds is 6. The Labute approximate surface area is 172 Å². The van der Waals surface area contributed by atoms with E-state index in [-0.39, 0.29) is 29.1 Å². The number of fused-ring (bicyclic) bond motifs is 1. The highest BCUT2D eigenvalue weighted by molar-refractivity contribution is 5.92. The zero-order chi connectivity index (χ0) is 21.4. The first-order chi connectivity index (χ1) is 14.4. The Morgan fingerprint density at radius 1 is 1.17 bits per heavy atom. The second kappa shape index (κ2) is 8.14. The molecule has 2 aromatic carbocycles. The Hall–Kier alpha value is -2.80. The van der Waals surface area contributed by atoms with Gasteiger partial charge < -0.3 is 15.0 Å². The SMILES string of the molecule is CO[C@H](C)C(=O)NC[C@H]1C[C@H](c2c(-c3ccc(F)cc3)[nH]c3c(F)cc(F)cc32)C1. The molecule has 1 fully saturated rings. The highest BCUT2D eigenvalue weighted by Crippen LogP contribution is 2.48. The monoisotopic (exact) mass is 416 g/mol. The number of ether oxygens (including phenoxy) is 1. The third kappa shape index (κ3) is 3.81. The number of halogens is 3. The average Bonchev–Trinajstić information content (AvgIpc) is 3.06. The molecule has 0 aliphatic heterocycles. The third-order valence-corrected chi connectivity index (χ3v) is 5.93. The van der Waals surface area contributed by atoms with Gasteiger partial charge in [-0.05, 0) is 73.1 Å². The Morgan fingerprint density at radius 2 is 1.87 bits per heavy atom. The van der Waals surface area contributed by atoms with Crippen molar-refractivity contribution in [2.24, 2.45) is 5.92 Å². The number of methoxy groups -OCH3 is 1. The summed E-state index contributed by atoms with van der Waals surface area (Å²) >= 11 is 0. The van der Waals surface area contributed by atoms with Crippen LogP contribution in [0.2, 0.25) is 0 Å². The van der Waals surface area contributed by atoms with E-state index in [1.165, 1.54) is 25.3 Å². The molecule has 0 bridgehead atoms. The van der Waals surface area contributed by atoms with E-state index in [0.29, 0.717) is 23.2 Å². The molecule has 4 nitrogen and oxygen atoms in total. The van der Waals surface area contributed by atoms with Crippen LogP contribution in [0.15, 0.2) is 36.4 Å². The first-order valence-electron chi connectivity index (χ1n) is 9.94. The maximum Gasteiger partial charge on any atom is 0.248 e. The van der Waals surface area contributed by atoms with E-state index in [4.69, 9.17) is 4.74 Å². The molecule has 2 N–H and O–H groups in total. The van der Waals surface area contributed by atoms with Gasteiger partial charge in [0.05, 0.1) is 11.2 Å². The minimum atomic E-state index is -0.656. The van der Waals surface area contributed by atoms with Gasteiger partial charge in [-0.2, -0.15) is 0 Å². The molecule has 7 heteroatoms. The normalized spacial score (nSPS) is 19.5. The second-order valence-corrected chi connectivity index (χ2v) is 7.89. The second-order valence-electron chi connectivity index (χ2n) is 7.89. The highest BCUT2D eigenvalue weighted by Gasteiger charge is 2.35. The van der Waals surface area contributed by atoms with Gasteiger partial charge in [-0.15, -0.1) is 0 Å². The van der Waals surface area contributed by atoms with Crippen LogP contribution in [-0.2, 0) is 9.53 Å². The zero-order valence-electron chi connectivity index (χ0n) is 16.8. The fourth-order valence-electron chi connectivity index (χ4n) is 4.14. The van der Waals surface area contributed by atoms with Gasteiger partial charge in [-0.1, -0.05) is 0 Å². The summed E-state index contributed by atoms with van der Waals surface area (Å²) in [5, 5.41) is 3.38. The molecule has 1 aromatic heterocycles. The minimum absolute atomic E-state index is 0.0850. The number of H-pyrrole nitrogens is 1. The predicted molar refractivity (Wildman–Crippen MR) is 109 cm³/mol. The molecular formula is C23H23F3N2O2. The van der Waals surface area contributed by atoms with Crippen molar-refractivity contribution < 1.29 is 22.7 Å². The van der Waals surface area contributed by atoms with Crippen LogP contribution in [0.25, 0.3) is 22.2 Å². The fraction of sp³-hybridized carbons (Fsp3) is 0.348. The van der Waals surface area contributed by atoms with Crippen LogP contribution in [0.3, 0.4) is 0 Å². The summed E-state index contributed by atoms with van der Waals surface area (Å²) in [5.41, 5.74) is 2.47. The van der Waals surface area contributed by atoms with Crippen molar-refractivity contribution in [3.8, 4) is 11.3 Å². The molecule has 0 radical (unpaired) electrons. The summed E-state index contributed by atoms with van der Waals surface area (Å²) in [7, 11) is 1.48. The molecule has 1 saturated carbocycles. The van der Waals surface area contributed by atoms with Crippen LogP contribution in [0.1, 0.15) is 31.2 Å². The smallest absolute Gasteiger partial charge is 0.248 e. The van der Waals surface area contributed by atoms with E-state index in [1.54, 1.807) is 19.1 Å². The lowest BCUT2D eigenvalue weighted by molar-refractivity contribution is -0.130. The fourth-order valence-corrected chi connectivity index (χ4v) is 4.14. The lowest BCUT2D eigenvalue weighted by atomic mass is 9.70. The number of benzene rings is 2. The van der Waals surface area contributed by atoms with E-state index >= 15 is 0 Å². The Kier molecular flexibility index (Phi) is 5.56. The summed E-state index contributed by atoms with van der Waals surface area (Å²) in [6.45, 7) is 2.21. The number of hydrogen-bond acceptors (Lipinski definition) is 2. The van der Waals surface area contributed by atoms with Crippen molar-refractivity contribution in [1.82, 2.24) is 10.3 Å². The van der Waals surface area contributed by atoms with Crippen molar-refractivity contribution in [3.63, 3.8) is 0 Å². The largest absolute Gasteiger partial charge is 0.372 e. The van der Waals surface area contributed by atoms with E-state index in [9.17, 15) is 18.0 Å². The molecule has 158 valence electrons.